The third-order valence-corrected chi connectivity index (χ3v) is 6.89. The third kappa shape index (κ3) is 5.01. The molecule has 0 bridgehead atoms. The quantitative estimate of drug-likeness (QED) is 0.235. The number of benzene rings is 3. The Labute approximate surface area is 216 Å². The lowest BCUT2D eigenvalue weighted by Gasteiger charge is -2.15. The topological polar surface area (TPSA) is 65.7 Å². The van der Waals surface area contributed by atoms with E-state index in [2.05, 4.69) is 41.9 Å². The van der Waals surface area contributed by atoms with E-state index in [4.69, 9.17) is 21.1 Å². The average Bonchev–Trinajstić information content (AvgIpc) is 2.82. The molecule has 0 fully saturated rings. The summed E-state index contributed by atoms with van der Waals surface area (Å²) in [4.78, 5) is 17.4. The Kier molecular flexibility index (Phi) is 7.35. The van der Waals surface area contributed by atoms with E-state index < -0.39 is 0 Å². The molecular formula is C24H17Br2ClFN3O3. The van der Waals surface area contributed by atoms with Gasteiger partial charge in [0.2, 0.25) is 0 Å². The summed E-state index contributed by atoms with van der Waals surface area (Å²) in [5.41, 5.74) is 1.63. The van der Waals surface area contributed by atoms with Crippen molar-refractivity contribution in [1.29, 1.82) is 0 Å². The zero-order chi connectivity index (χ0) is 24.4. The number of rotatable bonds is 6. The maximum atomic E-state index is 13.1. The van der Waals surface area contributed by atoms with Crippen LogP contribution in [0.15, 0.2) is 67.4 Å². The smallest absolute Gasteiger partial charge is 0.282 e. The standard InChI is InChI=1S/C24H17Br2ClFN3O3/c1-13-30-19-8-5-16(25)10-18(19)24(32)31(13)29-11-15-9-20(33-2)23(22(27)21(15)26)34-12-14-3-6-17(28)7-4-14/h3-11H,12H2,1-2H3. The van der Waals surface area contributed by atoms with Crippen molar-refractivity contribution in [2.45, 2.75) is 13.5 Å². The van der Waals surface area contributed by atoms with E-state index in [1.807, 2.05) is 6.07 Å². The van der Waals surface area contributed by atoms with Crippen LogP contribution in [-0.4, -0.2) is 23.0 Å². The van der Waals surface area contributed by atoms with Gasteiger partial charge < -0.3 is 9.47 Å². The fraction of sp³-hybridized carbons (Fsp3) is 0.125. The highest BCUT2D eigenvalue weighted by molar-refractivity contribution is 9.10. The predicted octanol–water partition coefficient (Wildman–Crippen LogP) is 6.49. The maximum absolute atomic E-state index is 13.1. The van der Waals surface area contributed by atoms with E-state index >= 15 is 0 Å². The van der Waals surface area contributed by atoms with E-state index in [0.29, 0.717) is 38.3 Å². The van der Waals surface area contributed by atoms with Gasteiger partial charge in [-0.15, -0.1) is 0 Å². The number of ether oxygens (including phenoxy) is 2. The summed E-state index contributed by atoms with van der Waals surface area (Å²) in [5.74, 6) is 0.809. The lowest BCUT2D eigenvalue weighted by molar-refractivity contribution is 0.284. The second-order valence-corrected chi connectivity index (χ2v) is 9.31. The van der Waals surface area contributed by atoms with Gasteiger partial charge in [-0.05, 0) is 64.8 Å². The van der Waals surface area contributed by atoms with Gasteiger partial charge in [-0.3, -0.25) is 4.79 Å². The molecule has 1 aromatic heterocycles. The van der Waals surface area contributed by atoms with Crippen LogP contribution in [0.1, 0.15) is 17.0 Å². The molecule has 4 aromatic rings. The summed E-state index contributed by atoms with van der Waals surface area (Å²) in [7, 11) is 1.49. The Morgan fingerprint density at radius 1 is 1.18 bits per heavy atom. The summed E-state index contributed by atoms with van der Waals surface area (Å²) >= 11 is 13.4. The number of aryl methyl sites for hydroxylation is 1. The van der Waals surface area contributed by atoms with Gasteiger partial charge in [0, 0.05) is 14.5 Å². The highest BCUT2D eigenvalue weighted by Gasteiger charge is 2.17. The van der Waals surface area contributed by atoms with Crippen LogP contribution in [0.4, 0.5) is 4.39 Å². The van der Waals surface area contributed by atoms with Gasteiger partial charge in [-0.25, -0.2) is 9.37 Å². The number of methoxy groups -OCH3 is 1. The zero-order valence-corrected chi connectivity index (χ0v) is 21.9. The molecule has 0 atom stereocenters. The van der Waals surface area contributed by atoms with Crippen LogP contribution in [0.25, 0.3) is 10.9 Å². The highest BCUT2D eigenvalue weighted by atomic mass is 79.9. The van der Waals surface area contributed by atoms with Crippen LogP contribution in [0.5, 0.6) is 11.5 Å². The van der Waals surface area contributed by atoms with E-state index in [1.54, 1.807) is 37.3 Å². The zero-order valence-electron chi connectivity index (χ0n) is 18.0. The second kappa shape index (κ2) is 10.2. The van der Waals surface area contributed by atoms with Gasteiger partial charge >= 0.3 is 0 Å². The van der Waals surface area contributed by atoms with Crippen molar-refractivity contribution in [2.75, 3.05) is 7.11 Å². The fourth-order valence-electron chi connectivity index (χ4n) is 3.24. The molecule has 6 nitrogen and oxygen atoms in total. The molecule has 0 N–H and O–H groups in total. The molecule has 1 heterocycles. The summed E-state index contributed by atoms with van der Waals surface area (Å²) in [6, 6.07) is 13.0. The van der Waals surface area contributed by atoms with Gasteiger partial charge in [0.1, 0.15) is 23.3 Å². The van der Waals surface area contributed by atoms with E-state index in [1.165, 1.54) is 30.1 Å². The number of hydrogen-bond donors (Lipinski definition) is 0. The van der Waals surface area contributed by atoms with Gasteiger partial charge in [0.25, 0.3) is 5.56 Å². The van der Waals surface area contributed by atoms with Crippen LogP contribution in [0.2, 0.25) is 5.02 Å². The molecule has 174 valence electrons. The molecule has 4 rings (SSSR count). The van der Waals surface area contributed by atoms with Crippen LogP contribution in [-0.2, 0) is 6.61 Å². The normalized spacial score (nSPS) is 11.4. The largest absolute Gasteiger partial charge is 0.493 e. The molecule has 0 radical (unpaired) electrons. The third-order valence-electron chi connectivity index (χ3n) is 4.95. The van der Waals surface area contributed by atoms with Crippen molar-refractivity contribution in [3.63, 3.8) is 0 Å². The van der Waals surface area contributed by atoms with Gasteiger partial charge in [0.05, 0.1) is 24.2 Å². The monoisotopic (exact) mass is 607 g/mol. The van der Waals surface area contributed by atoms with Crippen molar-refractivity contribution in [3.8, 4) is 11.5 Å². The van der Waals surface area contributed by atoms with Crippen LogP contribution >= 0.6 is 43.5 Å². The Balaban J connectivity index is 1.68. The first-order valence-electron chi connectivity index (χ1n) is 9.95. The molecule has 0 aliphatic carbocycles. The molecule has 3 aromatic carbocycles. The fourth-order valence-corrected chi connectivity index (χ4v) is 4.25. The Hall–Kier alpha value is -2.75. The lowest BCUT2D eigenvalue weighted by atomic mass is 10.2. The number of hydrogen-bond acceptors (Lipinski definition) is 5. The summed E-state index contributed by atoms with van der Waals surface area (Å²) < 4.78 is 27.0. The molecule has 0 unspecified atom stereocenters. The molecular weight excluding hydrogens is 593 g/mol. The van der Waals surface area contributed by atoms with Gasteiger partial charge in [-0.1, -0.05) is 39.7 Å². The van der Waals surface area contributed by atoms with Crippen LogP contribution in [0.3, 0.4) is 0 Å². The summed E-state index contributed by atoms with van der Waals surface area (Å²) in [5, 5.41) is 5.06. The number of aromatic nitrogens is 2. The van der Waals surface area contributed by atoms with Crippen LogP contribution in [0, 0.1) is 12.7 Å². The molecule has 0 amide bonds. The van der Waals surface area contributed by atoms with Crippen molar-refractivity contribution < 1.29 is 13.9 Å². The van der Waals surface area contributed by atoms with Crippen molar-refractivity contribution in [1.82, 2.24) is 9.66 Å². The maximum Gasteiger partial charge on any atom is 0.282 e. The SMILES string of the molecule is COc1cc(C=Nn2c(C)nc3ccc(Br)cc3c2=O)c(Br)c(Cl)c1OCc1ccc(F)cc1. The van der Waals surface area contributed by atoms with Gasteiger partial charge in [0.15, 0.2) is 11.5 Å². The minimum absolute atomic E-state index is 0.170. The predicted molar refractivity (Wildman–Crippen MR) is 138 cm³/mol. The Morgan fingerprint density at radius 2 is 1.91 bits per heavy atom. The summed E-state index contributed by atoms with van der Waals surface area (Å²) in [6.45, 7) is 1.87. The van der Waals surface area contributed by atoms with Crippen molar-refractivity contribution in [3.05, 3.63) is 95.6 Å². The molecule has 0 saturated carbocycles. The Morgan fingerprint density at radius 3 is 2.62 bits per heavy atom. The van der Waals surface area contributed by atoms with E-state index in [9.17, 15) is 9.18 Å². The molecule has 0 spiro atoms. The molecule has 34 heavy (non-hydrogen) atoms. The first-order chi connectivity index (χ1) is 16.3. The van der Waals surface area contributed by atoms with Crippen LogP contribution < -0.4 is 15.0 Å². The van der Waals surface area contributed by atoms with Crippen molar-refractivity contribution >= 4 is 60.6 Å². The number of nitrogens with zero attached hydrogens (tertiary/aromatic N) is 3. The minimum Gasteiger partial charge on any atom is -0.493 e. The first kappa shape index (κ1) is 24.4. The van der Waals surface area contributed by atoms with E-state index in [0.717, 1.165) is 10.0 Å². The van der Waals surface area contributed by atoms with Gasteiger partial charge in [-0.2, -0.15) is 9.78 Å². The summed E-state index contributed by atoms with van der Waals surface area (Å²) in [6.07, 6.45) is 1.49. The number of fused-ring (bicyclic) bond motifs is 1. The van der Waals surface area contributed by atoms with E-state index in [-0.39, 0.29) is 23.0 Å². The molecule has 0 aliphatic heterocycles. The number of halogens is 4. The van der Waals surface area contributed by atoms with Crippen molar-refractivity contribution in [2.24, 2.45) is 5.10 Å². The molecule has 0 aliphatic rings. The molecule has 10 heteroatoms. The first-order valence-corrected chi connectivity index (χ1v) is 11.9. The Bertz CT molecular complexity index is 1470. The minimum atomic E-state index is -0.325. The lowest BCUT2D eigenvalue weighted by Crippen LogP contribution is -2.20. The second-order valence-electron chi connectivity index (χ2n) is 7.22. The average molecular weight is 610 g/mol. The molecule has 0 saturated heterocycles. The highest BCUT2D eigenvalue weighted by Crippen LogP contribution is 2.42.